The number of piperidine rings is 1. The molecule has 2 atom stereocenters. The molecule has 112 valence electrons. The molecule has 2 rings (SSSR count). The van der Waals surface area contributed by atoms with Crippen LogP contribution in [0.3, 0.4) is 0 Å². The summed E-state index contributed by atoms with van der Waals surface area (Å²) in [5.41, 5.74) is 0. The van der Waals surface area contributed by atoms with Crippen molar-refractivity contribution in [2.45, 2.75) is 76.1 Å². The molecule has 2 aliphatic rings. The fourth-order valence-electron chi connectivity index (χ4n) is 2.89. The van der Waals surface area contributed by atoms with Gasteiger partial charge in [0.25, 0.3) is 0 Å². The van der Waals surface area contributed by atoms with Crippen molar-refractivity contribution >= 4 is 10.0 Å². The predicted octanol–water partition coefficient (Wildman–Crippen LogP) is 2.11. The molecule has 19 heavy (non-hydrogen) atoms. The lowest BCUT2D eigenvalue weighted by Gasteiger charge is -2.36. The summed E-state index contributed by atoms with van der Waals surface area (Å²) in [5.74, 6) is 0. The molecule has 1 N–H and O–H groups in total. The quantitative estimate of drug-likeness (QED) is 0.780. The third-order valence-corrected chi connectivity index (χ3v) is 6.62. The number of hydrogen-bond donors (Lipinski definition) is 1. The molecular formula is C14H28N2O2S. The third-order valence-electron chi connectivity index (χ3n) is 4.30. The first-order valence-corrected chi connectivity index (χ1v) is 9.30. The zero-order valence-electron chi connectivity index (χ0n) is 12.3. The monoisotopic (exact) mass is 288 g/mol. The summed E-state index contributed by atoms with van der Waals surface area (Å²) in [5, 5.41) is 3.04. The van der Waals surface area contributed by atoms with Crippen LogP contribution >= 0.6 is 0 Å². The molecule has 0 aromatic heterocycles. The van der Waals surface area contributed by atoms with Gasteiger partial charge in [-0.15, -0.1) is 0 Å². The molecule has 2 fully saturated rings. The SMILES string of the molecule is CCCC1CCCCN1S(=O)(=O)C(C)CNC1CC1. The van der Waals surface area contributed by atoms with Gasteiger partial charge in [-0.25, -0.2) is 8.42 Å². The number of nitrogens with zero attached hydrogens (tertiary/aromatic N) is 1. The van der Waals surface area contributed by atoms with Gasteiger partial charge in [-0.1, -0.05) is 19.8 Å². The molecule has 0 spiro atoms. The predicted molar refractivity (Wildman–Crippen MR) is 78.7 cm³/mol. The highest BCUT2D eigenvalue weighted by molar-refractivity contribution is 7.89. The first-order valence-electron chi connectivity index (χ1n) is 7.79. The molecule has 1 saturated heterocycles. The van der Waals surface area contributed by atoms with Gasteiger partial charge in [0.2, 0.25) is 10.0 Å². The van der Waals surface area contributed by atoms with Crippen molar-refractivity contribution < 1.29 is 8.42 Å². The maximum atomic E-state index is 12.7. The van der Waals surface area contributed by atoms with Crippen LogP contribution in [0.2, 0.25) is 0 Å². The Bertz CT molecular complexity index is 377. The Hall–Kier alpha value is -0.130. The summed E-state index contributed by atoms with van der Waals surface area (Å²) in [6, 6.07) is 0.817. The zero-order chi connectivity index (χ0) is 13.9. The summed E-state index contributed by atoms with van der Waals surface area (Å²) in [4.78, 5) is 0. The van der Waals surface area contributed by atoms with Gasteiger partial charge in [0.05, 0.1) is 5.25 Å². The summed E-state index contributed by atoms with van der Waals surface area (Å²) >= 11 is 0. The fourth-order valence-corrected chi connectivity index (χ4v) is 4.67. The molecule has 4 nitrogen and oxygen atoms in total. The van der Waals surface area contributed by atoms with E-state index in [2.05, 4.69) is 12.2 Å². The lowest BCUT2D eigenvalue weighted by atomic mass is 10.0. The van der Waals surface area contributed by atoms with Gasteiger partial charge in [0.15, 0.2) is 0 Å². The normalized spacial score (nSPS) is 27.4. The summed E-state index contributed by atoms with van der Waals surface area (Å²) in [6.07, 6.45) is 7.70. The molecule has 1 aliphatic heterocycles. The smallest absolute Gasteiger partial charge is 0.218 e. The fraction of sp³-hybridized carbons (Fsp3) is 1.00. The molecule has 2 unspecified atom stereocenters. The zero-order valence-corrected chi connectivity index (χ0v) is 13.1. The van der Waals surface area contributed by atoms with Crippen LogP contribution in [-0.2, 0) is 10.0 Å². The molecule has 0 radical (unpaired) electrons. The number of rotatable bonds is 7. The lowest BCUT2D eigenvalue weighted by Crippen LogP contribution is -2.49. The number of sulfonamides is 1. The average molecular weight is 288 g/mol. The second-order valence-electron chi connectivity index (χ2n) is 6.09. The van der Waals surface area contributed by atoms with Crippen LogP contribution in [0.1, 0.15) is 58.8 Å². The maximum Gasteiger partial charge on any atom is 0.218 e. The molecule has 0 aromatic rings. The van der Waals surface area contributed by atoms with Crippen LogP contribution in [-0.4, -0.2) is 43.1 Å². The van der Waals surface area contributed by atoms with Crippen LogP contribution in [0.5, 0.6) is 0 Å². The van der Waals surface area contributed by atoms with Crippen LogP contribution in [0.15, 0.2) is 0 Å². The van der Waals surface area contributed by atoms with E-state index in [0.29, 0.717) is 12.6 Å². The van der Waals surface area contributed by atoms with E-state index in [1.807, 2.05) is 6.92 Å². The van der Waals surface area contributed by atoms with E-state index in [1.54, 1.807) is 4.31 Å². The van der Waals surface area contributed by atoms with Crippen molar-refractivity contribution in [3.63, 3.8) is 0 Å². The van der Waals surface area contributed by atoms with Gasteiger partial charge in [-0.3, -0.25) is 0 Å². The summed E-state index contributed by atoms with van der Waals surface area (Å²) in [7, 11) is -3.13. The molecule has 0 bridgehead atoms. The largest absolute Gasteiger partial charge is 0.313 e. The van der Waals surface area contributed by atoms with E-state index in [9.17, 15) is 8.42 Å². The van der Waals surface area contributed by atoms with Crippen LogP contribution in [0, 0.1) is 0 Å². The van der Waals surface area contributed by atoms with Crippen molar-refractivity contribution in [2.24, 2.45) is 0 Å². The summed E-state index contributed by atoms with van der Waals surface area (Å²) in [6.45, 7) is 5.31. The Balaban J connectivity index is 1.97. The third kappa shape index (κ3) is 3.92. The second-order valence-corrected chi connectivity index (χ2v) is 8.39. The Kier molecular flexibility index (Phi) is 5.26. The van der Waals surface area contributed by atoms with Crippen molar-refractivity contribution in [3.8, 4) is 0 Å². The van der Waals surface area contributed by atoms with Gasteiger partial charge in [0, 0.05) is 25.2 Å². The number of hydrogen-bond acceptors (Lipinski definition) is 3. The lowest BCUT2D eigenvalue weighted by molar-refractivity contribution is 0.237. The first kappa shape index (κ1) is 15.3. The highest BCUT2D eigenvalue weighted by Crippen LogP contribution is 2.26. The topological polar surface area (TPSA) is 49.4 Å². The van der Waals surface area contributed by atoms with Gasteiger partial charge in [-0.05, 0) is 39.0 Å². The molecule has 0 aromatic carbocycles. The van der Waals surface area contributed by atoms with Crippen LogP contribution < -0.4 is 5.32 Å². The van der Waals surface area contributed by atoms with Gasteiger partial charge >= 0.3 is 0 Å². The van der Waals surface area contributed by atoms with Crippen molar-refractivity contribution in [2.75, 3.05) is 13.1 Å². The maximum absolute atomic E-state index is 12.7. The molecular weight excluding hydrogens is 260 g/mol. The Morgan fingerprint density at radius 1 is 1.26 bits per heavy atom. The first-order chi connectivity index (χ1) is 9.05. The summed E-state index contributed by atoms with van der Waals surface area (Å²) < 4.78 is 27.2. The van der Waals surface area contributed by atoms with E-state index >= 15 is 0 Å². The molecule has 5 heteroatoms. The van der Waals surface area contributed by atoms with Crippen molar-refractivity contribution in [3.05, 3.63) is 0 Å². The van der Waals surface area contributed by atoms with Gasteiger partial charge in [-0.2, -0.15) is 4.31 Å². The second kappa shape index (κ2) is 6.55. The minimum atomic E-state index is -3.13. The van der Waals surface area contributed by atoms with Crippen LogP contribution in [0.4, 0.5) is 0 Å². The minimum absolute atomic E-state index is 0.243. The van der Waals surface area contributed by atoms with Gasteiger partial charge in [0.1, 0.15) is 0 Å². The standard InChI is InChI=1S/C14H28N2O2S/c1-3-6-14-7-4-5-10-16(14)19(17,18)12(2)11-15-13-8-9-13/h12-15H,3-11H2,1-2H3. The molecule has 0 amide bonds. The Morgan fingerprint density at radius 2 is 2.00 bits per heavy atom. The molecule has 1 aliphatic carbocycles. The molecule has 1 heterocycles. The van der Waals surface area contributed by atoms with Crippen molar-refractivity contribution in [1.82, 2.24) is 9.62 Å². The highest BCUT2D eigenvalue weighted by atomic mass is 32.2. The van der Waals surface area contributed by atoms with E-state index < -0.39 is 10.0 Å². The Morgan fingerprint density at radius 3 is 2.63 bits per heavy atom. The van der Waals surface area contributed by atoms with E-state index in [1.165, 1.54) is 19.3 Å². The van der Waals surface area contributed by atoms with E-state index in [0.717, 1.165) is 32.2 Å². The van der Waals surface area contributed by atoms with Crippen molar-refractivity contribution in [1.29, 1.82) is 0 Å². The minimum Gasteiger partial charge on any atom is -0.313 e. The molecule has 1 saturated carbocycles. The highest BCUT2D eigenvalue weighted by Gasteiger charge is 2.35. The van der Waals surface area contributed by atoms with E-state index in [4.69, 9.17) is 0 Å². The van der Waals surface area contributed by atoms with Crippen LogP contribution in [0.25, 0.3) is 0 Å². The van der Waals surface area contributed by atoms with Gasteiger partial charge < -0.3 is 5.32 Å². The average Bonchev–Trinajstić information content (AvgIpc) is 3.21. The Labute approximate surface area is 118 Å². The van der Waals surface area contributed by atoms with E-state index in [-0.39, 0.29) is 11.3 Å². The number of nitrogens with one attached hydrogen (secondary N) is 1.